The molecule has 0 aromatic heterocycles. The molecule has 1 saturated carbocycles. The molecule has 0 aliphatic heterocycles. The molecule has 1 aliphatic carbocycles. The standard InChI is InChI=1S/C11H22O3/c1-12-7-8-13-9-10-14-11-5-3-2-4-6-11/h11H,2-10H2,1H3. The third-order valence-electron chi connectivity index (χ3n) is 2.57. The van der Waals surface area contributed by atoms with Gasteiger partial charge in [-0.2, -0.15) is 0 Å². The van der Waals surface area contributed by atoms with Crippen LogP contribution in [0.15, 0.2) is 0 Å². The van der Waals surface area contributed by atoms with Gasteiger partial charge in [0.2, 0.25) is 0 Å². The molecule has 14 heavy (non-hydrogen) atoms. The predicted octanol–water partition coefficient (Wildman–Crippen LogP) is 2.00. The van der Waals surface area contributed by atoms with Gasteiger partial charge in [0.1, 0.15) is 0 Å². The first-order valence-electron chi connectivity index (χ1n) is 5.62. The molecule has 84 valence electrons. The van der Waals surface area contributed by atoms with E-state index in [9.17, 15) is 0 Å². The van der Waals surface area contributed by atoms with Crippen LogP contribution in [0.4, 0.5) is 0 Å². The number of methoxy groups -OCH3 is 1. The SMILES string of the molecule is COCCOCCOC1CCCCC1. The van der Waals surface area contributed by atoms with E-state index in [0.717, 1.165) is 6.61 Å². The number of rotatable bonds is 7. The van der Waals surface area contributed by atoms with Gasteiger partial charge < -0.3 is 14.2 Å². The summed E-state index contributed by atoms with van der Waals surface area (Å²) in [5.41, 5.74) is 0. The molecular weight excluding hydrogens is 180 g/mol. The van der Waals surface area contributed by atoms with Crippen LogP contribution < -0.4 is 0 Å². The molecular formula is C11H22O3. The van der Waals surface area contributed by atoms with Gasteiger partial charge in [0, 0.05) is 7.11 Å². The molecule has 1 aliphatic rings. The zero-order valence-corrected chi connectivity index (χ0v) is 9.17. The van der Waals surface area contributed by atoms with Crippen LogP contribution in [0.3, 0.4) is 0 Å². The average molecular weight is 202 g/mol. The normalized spacial score (nSPS) is 18.6. The van der Waals surface area contributed by atoms with Crippen LogP contribution in [0.1, 0.15) is 32.1 Å². The average Bonchev–Trinajstić information content (AvgIpc) is 2.25. The summed E-state index contributed by atoms with van der Waals surface area (Å²) in [5, 5.41) is 0. The Morgan fingerprint density at radius 1 is 0.929 bits per heavy atom. The quantitative estimate of drug-likeness (QED) is 0.591. The fourth-order valence-corrected chi connectivity index (χ4v) is 1.75. The Morgan fingerprint density at radius 3 is 2.36 bits per heavy atom. The Hall–Kier alpha value is -0.120. The molecule has 0 N–H and O–H groups in total. The van der Waals surface area contributed by atoms with E-state index in [2.05, 4.69) is 0 Å². The van der Waals surface area contributed by atoms with Crippen LogP contribution >= 0.6 is 0 Å². The summed E-state index contributed by atoms with van der Waals surface area (Å²) in [7, 11) is 1.68. The lowest BCUT2D eigenvalue weighted by Crippen LogP contribution is -2.19. The monoisotopic (exact) mass is 202 g/mol. The van der Waals surface area contributed by atoms with Crippen LogP contribution in [-0.2, 0) is 14.2 Å². The van der Waals surface area contributed by atoms with Gasteiger partial charge in [0.05, 0.1) is 32.5 Å². The van der Waals surface area contributed by atoms with Crippen molar-refractivity contribution in [3.63, 3.8) is 0 Å². The molecule has 0 atom stereocenters. The summed E-state index contributed by atoms with van der Waals surface area (Å²) >= 11 is 0. The predicted molar refractivity (Wildman–Crippen MR) is 55.5 cm³/mol. The van der Waals surface area contributed by atoms with Crippen LogP contribution in [-0.4, -0.2) is 39.6 Å². The molecule has 0 bridgehead atoms. The van der Waals surface area contributed by atoms with Gasteiger partial charge in [-0.3, -0.25) is 0 Å². The van der Waals surface area contributed by atoms with Gasteiger partial charge in [-0.25, -0.2) is 0 Å². The second kappa shape index (κ2) is 8.21. The van der Waals surface area contributed by atoms with E-state index >= 15 is 0 Å². The summed E-state index contributed by atoms with van der Waals surface area (Å²) in [6.45, 7) is 2.77. The lowest BCUT2D eigenvalue weighted by molar-refractivity contribution is -0.0182. The maximum absolute atomic E-state index is 5.70. The highest BCUT2D eigenvalue weighted by Crippen LogP contribution is 2.19. The van der Waals surface area contributed by atoms with E-state index < -0.39 is 0 Å². The van der Waals surface area contributed by atoms with Crippen LogP contribution in [0, 0.1) is 0 Å². The first kappa shape index (κ1) is 12.0. The first-order chi connectivity index (χ1) is 6.93. The zero-order chi connectivity index (χ0) is 10.1. The van der Waals surface area contributed by atoms with E-state index in [1.165, 1.54) is 32.1 Å². The first-order valence-corrected chi connectivity index (χ1v) is 5.62. The van der Waals surface area contributed by atoms with Crippen molar-refractivity contribution in [3.8, 4) is 0 Å². The summed E-state index contributed by atoms with van der Waals surface area (Å²) in [6.07, 6.45) is 7.00. The lowest BCUT2D eigenvalue weighted by Gasteiger charge is -2.21. The van der Waals surface area contributed by atoms with E-state index in [1.807, 2.05) is 0 Å². The minimum Gasteiger partial charge on any atom is -0.382 e. The Balaban J connectivity index is 1.82. The minimum atomic E-state index is 0.495. The van der Waals surface area contributed by atoms with Gasteiger partial charge in [-0.1, -0.05) is 19.3 Å². The van der Waals surface area contributed by atoms with E-state index in [4.69, 9.17) is 14.2 Å². The number of hydrogen-bond donors (Lipinski definition) is 0. The summed E-state index contributed by atoms with van der Waals surface area (Å²) in [4.78, 5) is 0. The molecule has 0 amide bonds. The lowest BCUT2D eigenvalue weighted by atomic mass is 9.98. The molecule has 0 heterocycles. The van der Waals surface area contributed by atoms with Gasteiger partial charge >= 0.3 is 0 Å². The van der Waals surface area contributed by atoms with Gasteiger partial charge in [-0.15, -0.1) is 0 Å². The van der Waals surface area contributed by atoms with E-state index in [-0.39, 0.29) is 0 Å². The Bertz CT molecular complexity index is 122. The van der Waals surface area contributed by atoms with Crippen LogP contribution in [0.25, 0.3) is 0 Å². The van der Waals surface area contributed by atoms with E-state index in [0.29, 0.717) is 25.9 Å². The third-order valence-corrected chi connectivity index (χ3v) is 2.57. The molecule has 0 spiro atoms. The largest absolute Gasteiger partial charge is 0.382 e. The van der Waals surface area contributed by atoms with Crippen molar-refractivity contribution in [1.29, 1.82) is 0 Å². The van der Waals surface area contributed by atoms with Crippen LogP contribution in [0.5, 0.6) is 0 Å². The summed E-state index contributed by atoms with van der Waals surface area (Å²) < 4.78 is 15.9. The van der Waals surface area contributed by atoms with Crippen molar-refractivity contribution in [2.45, 2.75) is 38.2 Å². The van der Waals surface area contributed by atoms with Crippen molar-refractivity contribution >= 4 is 0 Å². The van der Waals surface area contributed by atoms with Gasteiger partial charge in [-0.05, 0) is 12.8 Å². The maximum atomic E-state index is 5.70. The second-order valence-electron chi connectivity index (χ2n) is 3.74. The zero-order valence-electron chi connectivity index (χ0n) is 9.17. The molecule has 0 radical (unpaired) electrons. The van der Waals surface area contributed by atoms with Gasteiger partial charge in [0.25, 0.3) is 0 Å². The minimum absolute atomic E-state index is 0.495. The molecule has 1 rings (SSSR count). The summed E-state index contributed by atoms with van der Waals surface area (Å²) in [6, 6.07) is 0. The van der Waals surface area contributed by atoms with Crippen molar-refractivity contribution in [1.82, 2.24) is 0 Å². The highest BCUT2D eigenvalue weighted by molar-refractivity contribution is 4.64. The van der Waals surface area contributed by atoms with Crippen molar-refractivity contribution in [2.75, 3.05) is 33.5 Å². The molecule has 0 aromatic rings. The number of hydrogen-bond acceptors (Lipinski definition) is 3. The fraction of sp³-hybridized carbons (Fsp3) is 1.00. The molecule has 0 saturated heterocycles. The van der Waals surface area contributed by atoms with Crippen molar-refractivity contribution < 1.29 is 14.2 Å². The highest BCUT2D eigenvalue weighted by Gasteiger charge is 2.12. The Kier molecular flexibility index (Phi) is 7.01. The fourth-order valence-electron chi connectivity index (χ4n) is 1.75. The topological polar surface area (TPSA) is 27.7 Å². The molecule has 3 heteroatoms. The molecule has 0 aromatic carbocycles. The van der Waals surface area contributed by atoms with Crippen molar-refractivity contribution in [3.05, 3.63) is 0 Å². The van der Waals surface area contributed by atoms with Gasteiger partial charge in [0.15, 0.2) is 0 Å². The summed E-state index contributed by atoms with van der Waals surface area (Å²) in [5.74, 6) is 0. The second-order valence-corrected chi connectivity index (χ2v) is 3.74. The molecule has 1 fully saturated rings. The van der Waals surface area contributed by atoms with E-state index in [1.54, 1.807) is 7.11 Å². The third kappa shape index (κ3) is 5.58. The highest BCUT2D eigenvalue weighted by atomic mass is 16.5. The molecule has 3 nitrogen and oxygen atoms in total. The Labute approximate surface area is 86.7 Å². The number of ether oxygens (including phenoxy) is 3. The van der Waals surface area contributed by atoms with Crippen LogP contribution in [0.2, 0.25) is 0 Å². The smallest absolute Gasteiger partial charge is 0.0704 e. The van der Waals surface area contributed by atoms with Crippen molar-refractivity contribution in [2.24, 2.45) is 0 Å². The molecule has 0 unspecified atom stereocenters. The Morgan fingerprint density at radius 2 is 1.64 bits per heavy atom. The maximum Gasteiger partial charge on any atom is 0.0704 e.